The molecule has 2 rings (SSSR count). The molecule has 0 aliphatic carbocycles. The van der Waals surface area contributed by atoms with E-state index in [0.29, 0.717) is 19.8 Å². The van der Waals surface area contributed by atoms with E-state index in [1.54, 1.807) is 0 Å². The first-order chi connectivity index (χ1) is 7.94. The topological polar surface area (TPSA) is 41.9 Å². The Morgan fingerprint density at radius 1 is 1.35 bits per heavy atom. The molecule has 0 bridgehead atoms. The average molecular weight is 243 g/mol. The van der Waals surface area contributed by atoms with Gasteiger partial charge in [0.05, 0.1) is 25.4 Å². The zero-order valence-corrected chi connectivity index (χ0v) is 11.2. The highest BCUT2D eigenvalue weighted by atomic mass is 16.7. The van der Waals surface area contributed by atoms with Crippen molar-refractivity contribution in [2.45, 2.75) is 45.0 Å². The molecule has 100 valence electrons. The fourth-order valence-electron chi connectivity index (χ4n) is 2.57. The van der Waals surface area contributed by atoms with Crippen LogP contribution in [0.25, 0.3) is 0 Å². The molecule has 0 radical (unpaired) electrons. The molecule has 2 fully saturated rings. The van der Waals surface area contributed by atoms with Crippen molar-refractivity contribution < 1.29 is 14.6 Å². The van der Waals surface area contributed by atoms with Gasteiger partial charge in [0.25, 0.3) is 0 Å². The van der Waals surface area contributed by atoms with E-state index >= 15 is 0 Å². The van der Waals surface area contributed by atoms with E-state index in [2.05, 4.69) is 18.7 Å². The van der Waals surface area contributed by atoms with Gasteiger partial charge in [0.1, 0.15) is 0 Å². The fourth-order valence-corrected chi connectivity index (χ4v) is 2.57. The van der Waals surface area contributed by atoms with Crippen LogP contribution in [0.5, 0.6) is 0 Å². The van der Waals surface area contributed by atoms with Gasteiger partial charge in [-0.1, -0.05) is 13.8 Å². The van der Waals surface area contributed by atoms with E-state index in [-0.39, 0.29) is 11.7 Å². The van der Waals surface area contributed by atoms with Gasteiger partial charge in [-0.15, -0.1) is 0 Å². The summed E-state index contributed by atoms with van der Waals surface area (Å²) in [7, 11) is 0. The molecular weight excluding hydrogens is 218 g/mol. The maximum Gasteiger partial charge on any atom is 0.181 e. The lowest BCUT2D eigenvalue weighted by atomic mass is 9.91. The molecular formula is C13H25NO3. The van der Waals surface area contributed by atoms with Crippen molar-refractivity contribution in [2.24, 2.45) is 5.92 Å². The largest absolute Gasteiger partial charge is 0.389 e. The third kappa shape index (κ3) is 2.99. The third-order valence-corrected chi connectivity index (χ3v) is 4.10. The monoisotopic (exact) mass is 243 g/mol. The Labute approximate surface area is 104 Å². The van der Waals surface area contributed by atoms with Gasteiger partial charge in [-0.3, -0.25) is 4.90 Å². The smallest absolute Gasteiger partial charge is 0.181 e. The number of likely N-dealkylation sites (tertiary alicyclic amines) is 1. The van der Waals surface area contributed by atoms with Gasteiger partial charge >= 0.3 is 0 Å². The number of aliphatic hydroxyl groups is 1. The quantitative estimate of drug-likeness (QED) is 0.809. The molecule has 1 spiro atoms. The summed E-state index contributed by atoms with van der Waals surface area (Å²) >= 11 is 0. The summed E-state index contributed by atoms with van der Waals surface area (Å²) in [5.74, 6) is -0.128. The third-order valence-electron chi connectivity index (χ3n) is 4.10. The molecule has 2 aliphatic rings. The first-order valence-corrected chi connectivity index (χ1v) is 6.66. The predicted octanol–water partition coefficient (Wildman–Crippen LogP) is 1.23. The maximum absolute atomic E-state index is 10.4. The summed E-state index contributed by atoms with van der Waals surface area (Å²) in [6.07, 6.45) is 2.06. The summed E-state index contributed by atoms with van der Waals surface area (Å²) in [6.45, 7) is 9.94. The zero-order chi connectivity index (χ0) is 12.5. The molecule has 0 aromatic rings. The number of piperidine rings is 1. The number of β-amino-alcohol motifs (C(OH)–C–C–N with tert-alkyl or cyclic N) is 1. The molecule has 0 aromatic heterocycles. The Morgan fingerprint density at radius 2 is 2.00 bits per heavy atom. The van der Waals surface area contributed by atoms with Crippen LogP contribution in [0.3, 0.4) is 0 Å². The lowest BCUT2D eigenvalue weighted by molar-refractivity contribution is -0.195. The fraction of sp³-hybridized carbons (Fsp3) is 1.00. The molecule has 2 heterocycles. The van der Waals surface area contributed by atoms with E-state index in [4.69, 9.17) is 9.47 Å². The second-order valence-corrected chi connectivity index (χ2v) is 5.93. The molecule has 17 heavy (non-hydrogen) atoms. The summed E-state index contributed by atoms with van der Waals surface area (Å²) in [6, 6.07) is 0. The lowest BCUT2D eigenvalue weighted by Gasteiger charge is -2.42. The van der Waals surface area contributed by atoms with Crippen LogP contribution in [-0.4, -0.2) is 54.2 Å². The summed E-state index contributed by atoms with van der Waals surface area (Å²) < 4.78 is 11.5. The SMILES string of the molecule is CC(C)C(C)(O)CN1CCCC2(C1)OCCO2. The Kier molecular flexibility index (Phi) is 3.78. The summed E-state index contributed by atoms with van der Waals surface area (Å²) in [5.41, 5.74) is -0.642. The maximum atomic E-state index is 10.4. The normalized spacial score (nSPS) is 28.8. The number of nitrogens with zero attached hydrogens (tertiary/aromatic N) is 1. The molecule has 0 saturated carbocycles. The van der Waals surface area contributed by atoms with E-state index in [0.717, 1.165) is 25.9 Å². The van der Waals surface area contributed by atoms with Crippen molar-refractivity contribution in [1.29, 1.82) is 0 Å². The minimum absolute atomic E-state index is 0.255. The second-order valence-electron chi connectivity index (χ2n) is 5.93. The molecule has 4 nitrogen and oxygen atoms in total. The van der Waals surface area contributed by atoms with Crippen molar-refractivity contribution in [2.75, 3.05) is 32.8 Å². The van der Waals surface area contributed by atoms with Gasteiger partial charge in [0, 0.05) is 13.0 Å². The molecule has 4 heteroatoms. The van der Waals surface area contributed by atoms with Crippen LogP contribution < -0.4 is 0 Å². The Morgan fingerprint density at radius 3 is 2.59 bits per heavy atom. The van der Waals surface area contributed by atoms with Crippen LogP contribution in [0, 0.1) is 5.92 Å². The van der Waals surface area contributed by atoms with E-state index in [1.807, 2.05) is 6.92 Å². The van der Waals surface area contributed by atoms with Crippen molar-refractivity contribution in [3.05, 3.63) is 0 Å². The van der Waals surface area contributed by atoms with Crippen LogP contribution >= 0.6 is 0 Å². The van der Waals surface area contributed by atoms with Gasteiger partial charge in [-0.05, 0) is 25.8 Å². The average Bonchev–Trinajstić information content (AvgIpc) is 2.65. The molecule has 2 saturated heterocycles. The highest BCUT2D eigenvalue weighted by molar-refractivity contribution is 4.88. The molecule has 1 N–H and O–H groups in total. The lowest BCUT2D eigenvalue weighted by Crippen LogP contribution is -2.54. The number of hydrogen-bond acceptors (Lipinski definition) is 4. The predicted molar refractivity (Wildman–Crippen MR) is 65.8 cm³/mol. The van der Waals surface area contributed by atoms with Gasteiger partial charge in [-0.2, -0.15) is 0 Å². The summed E-state index contributed by atoms with van der Waals surface area (Å²) in [5, 5.41) is 10.4. The molecule has 1 unspecified atom stereocenters. The number of ether oxygens (including phenoxy) is 2. The van der Waals surface area contributed by atoms with Crippen LogP contribution in [0.4, 0.5) is 0 Å². The Hall–Kier alpha value is -0.160. The van der Waals surface area contributed by atoms with Crippen LogP contribution in [0.15, 0.2) is 0 Å². The molecule has 0 amide bonds. The highest BCUT2D eigenvalue weighted by Gasteiger charge is 2.42. The van der Waals surface area contributed by atoms with Crippen molar-refractivity contribution in [1.82, 2.24) is 4.90 Å². The molecule has 1 atom stereocenters. The first-order valence-electron chi connectivity index (χ1n) is 6.66. The highest BCUT2D eigenvalue weighted by Crippen LogP contribution is 2.31. The van der Waals surface area contributed by atoms with Gasteiger partial charge in [0.15, 0.2) is 5.79 Å². The summed E-state index contributed by atoms with van der Waals surface area (Å²) in [4.78, 5) is 2.27. The first kappa shape index (κ1) is 13.3. The minimum atomic E-state index is -0.642. The Bertz CT molecular complexity index is 257. The van der Waals surface area contributed by atoms with Crippen molar-refractivity contribution in [3.8, 4) is 0 Å². The van der Waals surface area contributed by atoms with Crippen molar-refractivity contribution in [3.63, 3.8) is 0 Å². The van der Waals surface area contributed by atoms with Crippen LogP contribution in [0.1, 0.15) is 33.6 Å². The van der Waals surface area contributed by atoms with E-state index in [1.165, 1.54) is 0 Å². The van der Waals surface area contributed by atoms with Gasteiger partial charge in [-0.25, -0.2) is 0 Å². The second kappa shape index (κ2) is 4.84. The Balaban J connectivity index is 1.93. The van der Waals surface area contributed by atoms with E-state index in [9.17, 15) is 5.11 Å². The zero-order valence-electron chi connectivity index (χ0n) is 11.2. The van der Waals surface area contributed by atoms with Gasteiger partial charge < -0.3 is 14.6 Å². The number of hydrogen-bond donors (Lipinski definition) is 1. The number of rotatable bonds is 3. The van der Waals surface area contributed by atoms with Crippen molar-refractivity contribution >= 4 is 0 Å². The molecule has 0 aromatic carbocycles. The van der Waals surface area contributed by atoms with Gasteiger partial charge in [0.2, 0.25) is 0 Å². The standard InChI is InChI=1S/C13H25NO3/c1-11(2)12(3,15)9-14-6-4-5-13(10-14)16-7-8-17-13/h11,15H,4-10H2,1-3H3. The van der Waals surface area contributed by atoms with E-state index < -0.39 is 5.60 Å². The van der Waals surface area contributed by atoms with Crippen LogP contribution in [0.2, 0.25) is 0 Å². The van der Waals surface area contributed by atoms with Crippen LogP contribution in [-0.2, 0) is 9.47 Å². The minimum Gasteiger partial charge on any atom is -0.389 e. The molecule has 2 aliphatic heterocycles.